The van der Waals surface area contributed by atoms with Crippen molar-refractivity contribution in [3.63, 3.8) is 0 Å². The molecule has 0 aromatic heterocycles. The Balaban J connectivity index is 1.75. The van der Waals surface area contributed by atoms with Crippen molar-refractivity contribution in [2.75, 3.05) is 22.7 Å². The number of fused-ring (bicyclic) bond motifs is 2. The van der Waals surface area contributed by atoms with Gasteiger partial charge in [0.1, 0.15) is 11.5 Å². The maximum Gasteiger partial charge on any atom is 0.274 e. The van der Waals surface area contributed by atoms with Crippen molar-refractivity contribution in [1.29, 1.82) is 0 Å². The Hall–Kier alpha value is -3.65. The van der Waals surface area contributed by atoms with Crippen molar-refractivity contribution in [1.82, 2.24) is 0 Å². The van der Waals surface area contributed by atoms with E-state index in [9.17, 15) is 18.0 Å². The van der Waals surface area contributed by atoms with Gasteiger partial charge in [0.05, 0.1) is 19.3 Å². The minimum Gasteiger partial charge on any atom is -0.497 e. The van der Waals surface area contributed by atoms with Crippen LogP contribution in [-0.2, 0) is 30.8 Å². The van der Waals surface area contributed by atoms with Crippen LogP contribution in [0, 0.1) is 6.92 Å². The lowest BCUT2D eigenvalue weighted by molar-refractivity contribution is -0.123. The quantitative estimate of drug-likeness (QED) is 0.595. The van der Waals surface area contributed by atoms with E-state index in [0.29, 0.717) is 22.7 Å². The molecule has 1 fully saturated rings. The largest absolute Gasteiger partial charge is 0.497 e. The van der Waals surface area contributed by atoms with Crippen molar-refractivity contribution < 1.29 is 22.7 Å². The third-order valence-corrected chi connectivity index (χ3v) is 8.29. The first-order chi connectivity index (χ1) is 15.8. The topological polar surface area (TPSA) is 84.0 Å². The Morgan fingerprint density at radius 2 is 1.67 bits per heavy atom. The normalized spacial score (nSPS) is 21.0. The van der Waals surface area contributed by atoms with Gasteiger partial charge in [-0.05, 0) is 48.9 Å². The molecule has 2 aliphatic rings. The lowest BCUT2D eigenvalue weighted by Gasteiger charge is -2.32. The summed E-state index contributed by atoms with van der Waals surface area (Å²) in [5.41, 5.74) is 2.78. The number of benzene rings is 3. The summed E-state index contributed by atoms with van der Waals surface area (Å²) in [5.74, 6) is -1.46. The number of carbonyl (C=O) groups is 2. The summed E-state index contributed by atoms with van der Waals surface area (Å²) < 4.78 is 32.5. The number of hydrogen-bond acceptors (Lipinski definition) is 5. The maximum absolute atomic E-state index is 14.1. The summed E-state index contributed by atoms with van der Waals surface area (Å²) in [6, 6.07) is 21.1. The molecule has 1 saturated heterocycles. The average Bonchev–Trinajstić information content (AvgIpc) is 3.17. The molecular formula is C25H22N2O5S. The molecule has 0 radical (unpaired) electrons. The molecule has 5 rings (SSSR count). The van der Waals surface area contributed by atoms with Gasteiger partial charge in [-0.15, -0.1) is 0 Å². The van der Waals surface area contributed by atoms with Crippen molar-refractivity contribution in [3.05, 3.63) is 89.5 Å². The zero-order valence-corrected chi connectivity index (χ0v) is 19.0. The number of amides is 2. The van der Waals surface area contributed by atoms with E-state index in [2.05, 4.69) is 0 Å². The fourth-order valence-electron chi connectivity index (χ4n) is 4.71. The monoisotopic (exact) mass is 462 g/mol. The number of sulfone groups is 1. The molecule has 2 aliphatic heterocycles. The van der Waals surface area contributed by atoms with Crippen molar-refractivity contribution in [2.24, 2.45) is 0 Å². The Morgan fingerprint density at radius 1 is 0.970 bits per heavy atom. The smallest absolute Gasteiger partial charge is 0.274 e. The van der Waals surface area contributed by atoms with Gasteiger partial charge in [-0.25, -0.2) is 8.42 Å². The van der Waals surface area contributed by atoms with Crippen LogP contribution in [0.25, 0.3) is 0 Å². The minimum atomic E-state index is -4.20. The molecule has 3 aromatic rings. The molecule has 1 spiro atoms. The molecule has 7 nitrogen and oxygen atoms in total. The highest BCUT2D eigenvalue weighted by Crippen LogP contribution is 2.53. The van der Waals surface area contributed by atoms with Crippen LogP contribution in [0.15, 0.2) is 72.8 Å². The molecular weight excluding hydrogens is 440 g/mol. The summed E-state index contributed by atoms with van der Waals surface area (Å²) >= 11 is 0. The van der Waals surface area contributed by atoms with Gasteiger partial charge in [-0.1, -0.05) is 42.0 Å². The Kier molecular flexibility index (Phi) is 4.79. The fourth-order valence-corrected chi connectivity index (χ4v) is 6.73. The third kappa shape index (κ3) is 2.97. The van der Waals surface area contributed by atoms with E-state index in [0.717, 1.165) is 16.0 Å². The first-order valence-electron chi connectivity index (χ1n) is 10.5. The number of hydrogen-bond donors (Lipinski definition) is 0. The zero-order chi connectivity index (χ0) is 23.4. The van der Waals surface area contributed by atoms with Gasteiger partial charge in [-0.3, -0.25) is 14.5 Å². The number of aryl methyl sites for hydroxylation is 1. The van der Waals surface area contributed by atoms with Gasteiger partial charge >= 0.3 is 0 Å². The van der Waals surface area contributed by atoms with Crippen LogP contribution < -0.4 is 14.5 Å². The van der Waals surface area contributed by atoms with Crippen LogP contribution in [0.5, 0.6) is 5.75 Å². The lowest BCUT2D eigenvalue weighted by Crippen LogP contribution is -2.54. The maximum atomic E-state index is 14.1. The highest BCUT2D eigenvalue weighted by Gasteiger charge is 2.69. The van der Waals surface area contributed by atoms with Gasteiger partial charge in [0.15, 0.2) is 9.84 Å². The summed E-state index contributed by atoms with van der Waals surface area (Å²) in [5, 5.41) is 0. The second-order valence-corrected chi connectivity index (χ2v) is 10.3. The first kappa shape index (κ1) is 21.2. The highest BCUT2D eigenvalue weighted by atomic mass is 32.2. The fraction of sp³-hybridized carbons (Fsp3) is 0.200. The predicted molar refractivity (Wildman–Crippen MR) is 125 cm³/mol. The molecule has 2 amide bonds. The van der Waals surface area contributed by atoms with Crippen LogP contribution in [0.1, 0.15) is 16.7 Å². The predicted octanol–water partition coefficient (Wildman–Crippen LogP) is 3.16. The van der Waals surface area contributed by atoms with Crippen molar-refractivity contribution in [2.45, 2.75) is 18.3 Å². The zero-order valence-electron chi connectivity index (χ0n) is 18.2. The minimum absolute atomic E-state index is 0.192. The second-order valence-electron chi connectivity index (χ2n) is 8.23. The molecule has 2 heterocycles. The van der Waals surface area contributed by atoms with E-state index in [-0.39, 0.29) is 6.54 Å². The molecule has 33 heavy (non-hydrogen) atoms. The van der Waals surface area contributed by atoms with E-state index in [1.165, 1.54) is 12.0 Å². The van der Waals surface area contributed by atoms with Gasteiger partial charge in [0.2, 0.25) is 5.91 Å². The van der Waals surface area contributed by atoms with Crippen LogP contribution in [0.4, 0.5) is 11.4 Å². The molecule has 8 heteroatoms. The average molecular weight is 463 g/mol. The number of anilines is 2. The van der Waals surface area contributed by atoms with E-state index >= 15 is 0 Å². The Morgan fingerprint density at radius 3 is 2.33 bits per heavy atom. The summed E-state index contributed by atoms with van der Waals surface area (Å²) in [6.45, 7) is 2.02. The standard InChI is InChI=1S/C25H22N2O5S/c1-17-8-13-22-21(14-17)25(24(29)26(22)15-18-6-4-3-5-7-18)27(23(28)16-33(25,30)31)19-9-11-20(32-2)12-10-19/h3-14H,15-16H2,1-2H3. The second kappa shape index (κ2) is 7.45. The van der Waals surface area contributed by atoms with E-state index in [1.54, 1.807) is 36.4 Å². The van der Waals surface area contributed by atoms with E-state index in [1.807, 2.05) is 43.3 Å². The SMILES string of the molecule is COc1ccc(N2C(=O)CS(=O)(=O)C23C(=O)N(Cc2ccccc2)c2ccc(C)cc23)cc1. The lowest BCUT2D eigenvalue weighted by atomic mass is 10.0. The highest BCUT2D eigenvalue weighted by molar-refractivity contribution is 7.94. The van der Waals surface area contributed by atoms with Gasteiger partial charge in [-0.2, -0.15) is 0 Å². The van der Waals surface area contributed by atoms with Gasteiger partial charge < -0.3 is 9.64 Å². The Bertz CT molecular complexity index is 1370. The molecule has 0 saturated carbocycles. The number of nitrogens with zero attached hydrogens (tertiary/aromatic N) is 2. The van der Waals surface area contributed by atoms with Gasteiger partial charge in [0.25, 0.3) is 10.8 Å². The third-order valence-electron chi connectivity index (χ3n) is 6.18. The van der Waals surface area contributed by atoms with Crippen LogP contribution in [0.2, 0.25) is 0 Å². The molecule has 168 valence electrons. The molecule has 0 aliphatic carbocycles. The number of carbonyl (C=O) groups excluding carboxylic acids is 2. The molecule has 3 aromatic carbocycles. The number of ether oxygens (including phenoxy) is 1. The number of methoxy groups -OCH3 is 1. The van der Waals surface area contributed by atoms with Crippen molar-refractivity contribution in [3.8, 4) is 5.75 Å². The molecule has 1 unspecified atom stereocenters. The Labute approximate surface area is 192 Å². The van der Waals surface area contributed by atoms with Gasteiger partial charge in [0, 0.05) is 11.3 Å². The van der Waals surface area contributed by atoms with E-state index in [4.69, 9.17) is 4.74 Å². The molecule has 0 N–H and O–H groups in total. The van der Waals surface area contributed by atoms with Crippen LogP contribution >= 0.6 is 0 Å². The summed E-state index contributed by atoms with van der Waals surface area (Å²) in [6.07, 6.45) is 0. The first-order valence-corrected chi connectivity index (χ1v) is 12.1. The summed E-state index contributed by atoms with van der Waals surface area (Å²) in [4.78, 5) is 27.7. The molecule has 0 bridgehead atoms. The van der Waals surface area contributed by atoms with E-state index < -0.39 is 32.3 Å². The van der Waals surface area contributed by atoms with Crippen LogP contribution in [0.3, 0.4) is 0 Å². The molecule has 1 atom stereocenters. The number of rotatable bonds is 4. The van der Waals surface area contributed by atoms with Crippen molar-refractivity contribution >= 4 is 33.0 Å². The summed E-state index contributed by atoms with van der Waals surface area (Å²) in [7, 11) is -2.68. The van der Waals surface area contributed by atoms with Crippen LogP contribution in [-0.4, -0.2) is 33.1 Å².